The Hall–Kier alpha value is -1.13. The fourth-order valence-corrected chi connectivity index (χ4v) is 2.40. The van der Waals surface area contributed by atoms with Crippen LogP contribution in [0, 0.1) is 0 Å². The number of nitrogens with zero attached hydrogens (tertiary/aromatic N) is 1. The van der Waals surface area contributed by atoms with Crippen LogP contribution in [0.4, 0.5) is 0 Å². The molecule has 0 aromatic rings. The predicted octanol–water partition coefficient (Wildman–Crippen LogP) is 1.70. The van der Waals surface area contributed by atoms with E-state index in [2.05, 4.69) is 22.8 Å². The van der Waals surface area contributed by atoms with Crippen molar-refractivity contribution in [3.63, 3.8) is 0 Å². The molecule has 4 heteroatoms. The van der Waals surface area contributed by atoms with Gasteiger partial charge in [0.15, 0.2) is 0 Å². The summed E-state index contributed by atoms with van der Waals surface area (Å²) < 4.78 is 5.88. The number of rotatable bonds is 1. The van der Waals surface area contributed by atoms with Gasteiger partial charge in [-0.05, 0) is 12.8 Å². The van der Waals surface area contributed by atoms with Gasteiger partial charge >= 0.3 is 0 Å². The minimum Gasteiger partial charge on any atom is -0.373 e. The summed E-state index contributed by atoms with van der Waals surface area (Å²) in [6.45, 7) is 0.859. The van der Waals surface area contributed by atoms with Gasteiger partial charge in [0, 0.05) is 12.2 Å². The quantitative estimate of drug-likeness (QED) is 0.731. The summed E-state index contributed by atoms with van der Waals surface area (Å²) in [7, 11) is 0. The highest BCUT2D eigenvalue weighted by Crippen LogP contribution is 2.25. The Kier molecular flexibility index (Phi) is 2.76. The number of hydrogen-bond acceptors (Lipinski definition) is 4. The standard InChI is InChI=1S/C12H16N2O2/c1-2-7-11(15-8-3-1)9-5-4-6-10-12(9)14-16-13-10/h4-6,10-11,13H,1-3,7-8H2. The molecule has 4 nitrogen and oxygen atoms in total. The van der Waals surface area contributed by atoms with Crippen LogP contribution in [0.25, 0.3) is 0 Å². The van der Waals surface area contributed by atoms with Crippen molar-refractivity contribution < 1.29 is 9.68 Å². The smallest absolute Gasteiger partial charge is 0.112 e. The maximum atomic E-state index is 5.88. The van der Waals surface area contributed by atoms with E-state index in [1.165, 1.54) is 24.8 Å². The number of hydrogen-bond donors (Lipinski definition) is 1. The predicted molar refractivity (Wildman–Crippen MR) is 60.9 cm³/mol. The van der Waals surface area contributed by atoms with Crippen molar-refractivity contribution in [3.05, 3.63) is 23.8 Å². The Morgan fingerprint density at radius 1 is 1.31 bits per heavy atom. The summed E-state index contributed by atoms with van der Waals surface area (Å²) in [4.78, 5) is 4.93. The third-order valence-corrected chi connectivity index (χ3v) is 3.27. The number of ether oxygens (including phenoxy) is 1. The van der Waals surface area contributed by atoms with Crippen LogP contribution >= 0.6 is 0 Å². The van der Waals surface area contributed by atoms with E-state index >= 15 is 0 Å². The molecule has 1 saturated heterocycles. The van der Waals surface area contributed by atoms with Crippen LogP contribution in [0.15, 0.2) is 29.0 Å². The van der Waals surface area contributed by atoms with E-state index in [4.69, 9.17) is 9.68 Å². The highest BCUT2D eigenvalue weighted by molar-refractivity contribution is 6.07. The molecule has 3 rings (SSSR count). The number of allylic oxidation sites excluding steroid dienone is 2. The maximum Gasteiger partial charge on any atom is 0.112 e. The van der Waals surface area contributed by atoms with Crippen molar-refractivity contribution in [1.82, 2.24) is 5.48 Å². The molecular weight excluding hydrogens is 204 g/mol. The number of fused-ring (bicyclic) bond motifs is 1. The van der Waals surface area contributed by atoms with Crippen LogP contribution in [0.1, 0.15) is 25.7 Å². The van der Waals surface area contributed by atoms with E-state index in [0.717, 1.165) is 18.7 Å². The molecule has 0 radical (unpaired) electrons. The third-order valence-electron chi connectivity index (χ3n) is 3.27. The number of nitrogens with one attached hydrogen (secondary N) is 1. The van der Waals surface area contributed by atoms with Gasteiger partial charge in [0.05, 0.1) is 6.10 Å². The second-order valence-electron chi connectivity index (χ2n) is 4.38. The fourth-order valence-electron chi connectivity index (χ4n) is 2.40. The summed E-state index contributed by atoms with van der Waals surface area (Å²) in [5.74, 6) is 0. The molecule has 0 bridgehead atoms. The minimum absolute atomic E-state index is 0.104. The van der Waals surface area contributed by atoms with Crippen molar-refractivity contribution in [3.8, 4) is 0 Å². The summed E-state index contributed by atoms with van der Waals surface area (Å²) >= 11 is 0. The summed E-state index contributed by atoms with van der Waals surface area (Å²) in [6.07, 6.45) is 11.2. The Morgan fingerprint density at radius 3 is 3.31 bits per heavy atom. The molecule has 3 aliphatic rings. The largest absolute Gasteiger partial charge is 0.373 e. The summed E-state index contributed by atoms with van der Waals surface area (Å²) in [6, 6.07) is 0.104. The van der Waals surface area contributed by atoms with Gasteiger partial charge in [0.1, 0.15) is 11.8 Å². The lowest BCUT2D eigenvalue weighted by atomic mass is 9.92. The zero-order valence-electron chi connectivity index (χ0n) is 9.19. The number of oxime groups is 1. The molecule has 0 amide bonds. The van der Waals surface area contributed by atoms with Gasteiger partial charge in [-0.15, -0.1) is 5.48 Å². The molecule has 16 heavy (non-hydrogen) atoms. The topological polar surface area (TPSA) is 42.8 Å². The van der Waals surface area contributed by atoms with Crippen LogP contribution in [-0.2, 0) is 9.68 Å². The average Bonchev–Trinajstić information content (AvgIpc) is 2.63. The molecular formula is C12H16N2O2. The molecule has 1 N–H and O–H groups in total. The van der Waals surface area contributed by atoms with Crippen molar-refractivity contribution in [2.75, 3.05) is 6.61 Å². The molecule has 2 aliphatic heterocycles. The van der Waals surface area contributed by atoms with Gasteiger partial charge in [0.25, 0.3) is 0 Å². The monoisotopic (exact) mass is 220 g/mol. The molecule has 86 valence electrons. The van der Waals surface area contributed by atoms with Crippen molar-refractivity contribution in [1.29, 1.82) is 0 Å². The highest BCUT2D eigenvalue weighted by atomic mass is 16.8. The molecule has 0 aromatic heterocycles. The van der Waals surface area contributed by atoms with Crippen molar-refractivity contribution >= 4 is 5.71 Å². The SMILES string of the molecule is C1=CC2NON=C2C(C2CCCCCO2)=C1. The van der Waals surface area contributed by atoms with Crippen LogP contribution in [-0.4, -0.2) is 24.5 Å². The lowest BCUT2D eigenvalue weighted by molar-refractivity contribution is 0.0671. The van der Waals surface area contributed by atoms with E-state index in [0.29, 0.717) is 0 Å². The van der Waals surface area contributed by atoms with Crippen LogP contribution < -0.4 is 5.48 Å². The Balaban J connectivity index is 1.81. The molecule has 2 unspecified atom stereocenters. The first-order valence-corrected chi connectivity index (χ1v) is 5.95. The van der Waals surface area contributed by atoms with Crippen molar-refractivity contribution in [2.45, 2.75) is 37.8 Å². The van der Waals surface area contributed by atoms with Crippen LogP contribution in [0.5, 0.6) is 0 Å². The molecule has 0 spiro atoms. The van der Waals surface area contributed by atoms with Gasteiger partial charge in [0.2, 0.25) is 0 Å². The fraction of sp³-hybridized carbons (Fsp3) is 0.583. The Labute approximate surface area is 94.9 Å². The second kappa shape index (κ2) is 4.39. The van der Waals surface area contributed by atoms with Gasteiger partial charge in [-0.3, -0.25) is 4.94 Å². The van der Waals surface area contributed by atoms with Gasteiger partial charge in [-0.1, -0.05) is 36.2 Å². The average molecular weight is 220 g/mol. The van der Waals surface area contributed by atoms with Crippen LogP contribution in [0.3, 0.4) is 0 Å². The van der Waals surface area contributed by atoms with Crippen LogP contribution in [0.2, 0.25) is 0 Å². The Morgan fingerprint density at radius 2 is 2.31 bits per heavy atom. The Bertz CT molecular complexity index is 352. The molecule has 1 fully saturated rings. The highest BCUT2D eigenvalue weighted by Gasteiger charge is 2.31. The summed E-state index contributed by atoms with van der Waals surface area (Å²) in [5.41, 5.74) is 5.02. The molecule has 0 saturated carbocycles. The minimum atomic E-state index is 0.104. The molecule has 1 aliphatic carbocycles. The van der Waals surface area contributed by atoms with E-state index in [9.17, 15) is 0 Å². The van der Waals surface area contributed by atoms with Gasteiger partial charge in [-0.2, -0.15) is 0 Å². The number of hydroxylamine groups is 1. The molecule has 2 heterocycles. The first kappa shape index (κ1) is 10.1. The molecule has 0 aromatic carbocycles. The van der Waals surface area contributed by atoms with E-state index in [-0.39, 0.29) is 12.1 Å². The first-order valence-electron chi connectivity index (χ1n) is 5.95. The first-order chi connectivity index (χ1) is 7.95. The van der Waals surface area contributed by atoms with Gasteiger partial charge in [-0.25, -0.2) is 0 Å². The second-order valence-corrected chi connectivity index (χ2v) is 4.38. The van der Waals surface area contributed by atoms with Gasteiger partial charge < -0.3 is 4.74 Å². The molecule has 2 atom stereocenters. The van der Waals surface area contributed by atoms with Crippen molar-refractivity contribution in [2.24, 2.45) is 5.16 Å². The maximum absolute atomic E-state index is 5.88. The normalized spacial score (nSPS) is 33.5. The zero-order chi connectivity index (χ0) is 10.8. The third kappa shape index (κ3) is 1.79. The zero-order valence-corrected chi connectivity index (χ0v) is 9.19. The van der Waals surface area contributed by atoms with E-state index in [1.807, 2.05) is 6.08 Å². The summed E-state index contributed by atoms with van der Waals surface area (Å²) in [5, 5.41) is 4.05. The van der Waals surface area contributed by atoms with E-state index < -0.39 is 0 Å². The van der Waals surface area contributed by atoms with E-state index in [1.54, 1.807) is 0 Å². The lowest BCUT2D eigenvalue weighted by Crippen LogP contribution is -2.34. The lowest BCUT2D eigenvalue weighted by Gasteiger charge is -2.21.